The van der Waals surface area contributed by atoms with Crippen LogP contribution in [0.5, 0.6) is 5.75 Å². The fourth-order valence-electron chi connectivity index (χ4n) is 2.95. The number of piperazine rings is 1. The maximum absolute atomic E-state index is 13.4. The van der Waals surface area contributed by atoms with Gasteiger partial charge in [-0.15, -0.1) is 0 Å². The number of halogens is 1. The summed E-state index contributed by atoms with van der Waals surface area (Å²) < 4.78 is 45.7. The maximum Gasteiger partial charge on any atom is 0.243 e. The highest BCUT2D eigenvalue weighted by atomic mass is 32.2. The summed E-state index contributed by atoms with van der Waals surface area (Å²) in [5.74, 6) is 0.471. The van der Waals surface area contributed by atoms with Crippen molar-refractivity contribution in [2.75, 3.05) is 31.6 Å². The summed E-state index contributed by atoms with van der Waals surface area (Å²) in [6.07, 6.45) is 0. The van der Waals surface area contributed by atoms with Gasteiger partial charge in [-0.25, -0.2) is 13.4 Å². The number of hydrogen-bond acceptors (Lipinski definition) is 5. The number of sulfonamides is 1. The quantitative estimate of drug-likeness (QED) is 0.777. The Kier molecular flexibility index (Phi) is 4.91. The standard InChI is InChI=1S/C17H20FN3O3S/c1-13-12-20(9-10-21(13)17-8-4-7-16(18)19-17)25(22,23)15-6-3-5-14(11-15)24-2/h3-8,11,13H,9-10,12H2,1-2H3. The van der Waals surface area contributed by atoms with Gasteiger partial charge in [0.25, 0.3) is 0 Å². The average molecular weight is 365 g/mol. The van der Waals surface area contributed by atoms with E-state index in [0.29, 0.717) is 31.2 Å². The first kappa shape index (κ1) is 17.6. The Balaban J connectivity index is 1.80. The maximum atomic E-state index is 13.4. The molecule has 0 saturated carbocycles. The molecule has 1 aliphatic heterocycles. The smallest absolute Gasteiger partial charge is 0.243 e. The summed E-state index contributed by atoms with van der Waals surface area (Å²) in [5, 5.41) is 0. The van der Waals surface area contributed by atoms with Crippen LogP contribution in [0.4, 0.5) is 10.2 Å². The molecule has 2 aromatic rings. The predicted molar refractivity (Wildman–Crippen MR) is 92.8 cm³/mol. The monoisotopic (exact) mass is 365 g/mol. The minimum absolute atomic E-state index is 0.122. The van der Waals surface area contributed by atoms with E-state index in [9.17, 15) is 12.8 Å². The second-order valence-electron chi connectivity index (χ2n) is 5.90. The molecule has 0 bridgehead atoms. The number of ether oxygens (including phenoxy) is 1. The van der Waals surface area contributed by atoms with Crippen LogP contribution in [0.1, 0.15) is 6.92 Å². The van der Waals surface area contributed by atoms with Gasteiger partial charge in [0.15, 0.2) is 0 Å². The van der Waals surface area contributed by atoms with E-state index in [1.54, 1.807) is 30.3 Å². The Morgan fingerprint density at radius 2 is 1.96 bits per heavy atom. The van der Waals surface area contributed by atoms with E-state index >= 15 is 0 Å². The molecule has 1 aliphatic rings. The van der Waals surface area contributed by atoms with Gasteiger partial charge in [-0.05, 0) is 31.2 Å². The lowest BCUT2D eigenvalue weighted by molar-refractivity contribution is 0.340. The molecule has 1 unspecified atom stereocenters. The average Bonchev–Trinajstić information content (AvgIpc) is 2.61. The van der Waals surface area contributed by atoms with E-state index in [0.717, 1.165) is 0 Å². The fraction of sp³-hybridized carbons (Fsp3) is 0.353. The molecule has 1 aromatic heterocycles. The summed E-state index contributed by atoms with van der Waals surface area (Å²) in [6, 6.07) is 10.9. The molecule has 1 saturated heterocycles. The van der Waals surface area contributed by atoms with Crippen molar-refractivity contribution in [1.82, 2.24) is 9.29 Å². The van der Waals surface area contributed by atoms with Gasteiger partial charge in [-0.3, -0.25) is 0 Å². The molecule has 0 spiro atoms. The molecule has 0 amide bonds. The Morgan fingerprint density at radius 3 is 2.64 bits per heavy atom. The third kappa shape index (κ3) is 3.59. The van der Waals surface area contributed by atoms with Gasteiger partial charge in [0.2, 0.25) is 16.0 Å². The van der Waals surface area contributed by atoms with E-state index in [1.165, 1.54) is 23.5 Å². The number of nitrogens with zero attached hydrogens (tertiary/aromatic N) is 3. The summed E-state index contributed by atoms with van der Waals surface area (Å²) in [4.78, 5) is 6.01. The van der Waals surface area contributed by atoms with Crippen LogP contribution in [0.2, 0.25) is 0 Å². The summed E-state index contributed by atoms with van der Waals surface area (Å²) in [5.41, 5.74) is 0. The van der Waals surface area contributed by atoms with Crippen molar-refractivity contribution in [2.24, 2.45) is 0 Å². The minimum Gasteiger partial charge on any atom is -0.497 e. The molecular formula is C17H20FN3O3S. The third-order valence-electron chi connectivity index (χ3n) is 4.26. The highest BCUT2D eigenvalue weighted by Gasteiger charge is 2.33. The summed E-state index contributed by atoms with van der Waals surface area (Å²) >= 11 is 0. The van der Waals surface area contributed by atoms with Gasteiger partial charge in [0.05, 0.1) is 12.0 Å². The van der Waals surface area contributed by atoms with Gasteiger partial charge < -0.3 is 9.64 Å². The Bertz CT molecular complexity index is 860. The van der Waals surface area contributed by atoms with Crippen LogP contribution in [0.15, 0.2) is 47.4 Å². The molecule has 3 rings (SSSR count). The van der Waals surface area contributed by atoms with Gasteiger partial charge in [-0.1, -0.05) is 12.1 Å². The van der Waals surface area contributed by atoms with Crippen molar-refractivity contribution in [2.45, 2.75) is 17.9 Å². The van der Waals surface area contributed by atoms with Crippen LogP contribution < -0.4 is 9.64 Å². The molecule has 8 heteroatoms. The highest BCUT2D eigenvalue weighted by Crippen LogP contribution is 2.25. The van der Waals surface area contributed by atoms with Crippen LogP contribution in [-0.2, 0) is 10.0 Å². The van der Waals surface area contributed by atoms with Crippen molar-refractivity contribution in [3.8, 4) is 5.75 Å². The predicted octanol–water partition coefficient (Wildman–Crippen LogP) is 2.13. The molecule has 0 aliphatic carbocycles. The molecule has 6 nitrogen and oxygen atoms in total. The van der Waals surface area contributed by atoms with Crippen molar-refractivity contribution >= 4 is 15.8 Å². The number of anilines is 1. The second-order valence-corrected chi connectivity index (χ2v) is 7.84. The first-order valence-corrected chi connectivity index (χ1v) is 9.39. The molecule has 1 aromatic carbocycles. The van der Waals surface area contributed by atoms with E-state index in [-0.39, 0.29) is 10.9 Å². The van der Waals surface area contributed by atoms with Crippen molar-refractivity contribution in [3.63, 3.8) is 0 Å². The number of rotatable bonds is 4. The summed E-state index contributed by atoms with van der Waals surface area (Å²) in [6.45, 7) is 2.96. The van der Waals surface area contributed by atoms with Crippen LogP contribution in [0, 0.1) is 5.95 Å². The van der Waals surface area contributed by atoms with E-state index < -0.39 is 16.0 Å². The molecule has 0 radical (unpaired) electrons. The van der Waals surface area contributed by atoms with Crippen LogP contribution in [0.25, 0.3) is 0 Å². The number of benzene rings is 1. The second kappa shape index (κ2) is 6.97. The molecule has 0 N–H and O–H groups in total. The largest absolute Gasteiger partial charge is 0.497 e. The van der Waals surface area contributed by atoms with Gasteiger partial charge in [-0.2, -0.15) is 8.70 Å². The molecule has 2 heterocycles. The molecule has 1 fully saturated rings. The SMILES string of the molecule is COc1cccc(S(=O)(=O)N2CCN(c3cccc(F)n3)C(C)C2)c1. The van der Waals surface area contributed by atoms with Crippen molar-refractivity contribution in [1.29, 1.82) is 0 Å². The fourth-order valence-corrected chi connectivity index (χ4v) is 4.50. The molecule has 25 heavy (non-hydrogen) atoms. The molecule has 134 valence electrons. The molecular weight excluding hydrogens is 345 g/mol. The molecule has 1 atom stereocenters. The van der Waals surface area contributed by atoms with Gasteiger partial charge >= 0.3 is 0 Å². The van der Waals surface area contributed by atoms with Gasteiger partial charge in [0, 0.05) is 31.7 Å². The van der Waals surface area contributed by atoms with Crippen LogP contribution >= 0.6 is 0 Å². The normalized spacial score (nSPS) is 19.0. The topological polar surface area (TPSA) is 62.7 Å². The Hall–Kier alpha value is -2.19. The number of methoxy groups -OCH3 is 1. The van der Waals surface area contributed by atoms with E-state index in [2.05, 4.69) is 4.98 Å². The zero-order chi connectivity index (χ0) is 18.0. The lowest BCUT2D eigenvalue weighted by Crippen LogP contribution is -2.53. The van der Waals surface area contributed by atoms with Crippen molar-refractivity contribution < 1.29 is 17.5 Å². The number of hydrogen-bond donors (Lipinski definition) is 0. The first-order valence-electron chi connectivity index (χ1n) is 7.95. The minimum atomic E-state index is -3.61. The number of aromatic nitrogens is 1. The van der Waals surface area contributed by atoms with E-state index in [1.807, 2.05) is 11.8 Å². The zero-order valence-electron chi connectivity index (χ0n) is 14.1. The highest BCUT2D eigenvalue weighted by molar-refractivity contribution is 7.89. The zero-order valence-corrected chi connectivity index (χ0v) is 14.9. The van der Waals surface area contributed by atoms with Gasteiger partial charge in [0.1, 0.15) is 11.6 Å². The third-order valence-corrected chi connectivity index (χ3v) is 6.13. The lowest BCUT2D eigenvalue weighted by atomic mass is 10.2. The number of pyridine rings is 1. The summed E-state index contributed by atoms with van der Waals surface area (Å²) in [7, 11) is -2.11. The Labute approximate surface area is 146 Å². The Morgan fingerprint density at radius 1 is 1.20 bits per heavy atom. The first-order chi connectivity index (χ1) is 11.9. The van der Waals surface area contributed by atoms with Crippen LogP contribution in [-0.4, -0.2) is 50.5 Å². The van der Waals surface area contributed by atoms with Crippen molar-refractivity contribution in [3.05, 3.63) is 48.4 Å². The van der Waals surface area contributed by atoms with E-state index in [4.69, 9.17) is 4.74 Å². The van der Waals surface area contributed by atoms with Crippen LogP contribution in [0.3, 0.4) is 0 Å². The lowest BCUT2D eigenvalue weighted by Gasteiger charge is -2.39.